The van der Waals surface area contributed by atoms with Gasteiger partial charge >= 0.3 is 0 Å². The van der Waals surface area contributed by atoms with Crippen molar-refractivity contribution >= 4 is 32.3 Å². The Morgan fingerprint density at radius 2 is 1.26 bits per heavy atom. The molecular formula is C43H30IrN2-2. The summed E-state index contributed by atoms with van der Waals surface area (Å²) in [5, 5.41) is 7.51. The van der Waals surface area contributed by atoms with Crippen molar-refractivity contribution in [3.63, 3.8) is 0 Å². The van der Waals surface area contributed by atoms with Gasteiger partial charge in [-0.25, -0.2) is 0 Å². The maximum absolute atomic E-state index is 4.83. The molecule has 2 aromatic heterocycles. The van der Waals surface area contributed by atoms with E-state index in [9.17, 15) is 0 Å². The molecule has 1 aliphatic carbocycles. The number of hydrogen-bond acceptors (Lipinski definition) is 2. The summed E-state index contributed by atoms with van der Waals surface area (Å²) in [6, 6.07) is 53.3. The molecule has 1 aliphatic rings. The van der Waals surface area contributed by atoms with Crippen LogP contribution in [0.4, 0.5) is 0 Å². The number of pyridine rings is 2. The number of benzene rings is 6. The molecule has 2 heterocycles. The zero-order valence-corrected chi connectivity index (χ0v) is 28.0. The molecule has 0 amide bonds. The fourth-order valence-corrected chi connectivity index (χ4v) is 6.82. The van der Waals surface area contributed by atoms with E-state index in [0.717, 1.165) is 22.5 Å². The summed E-state index contributed by atoms with van der Waals surface area (Å²) in [7, 11) is 0. The van der Waals surface area contributed by atoms with Crippen LogP contribution in [0.15, 0.2) is 146 Å². The molecule has 2 nitrogen and oxygen atoms in total. The summed E-state index contributed by atoms with van der Waals surface area (Å²) in [6.07, 6.45) is 3.72. The second kappa shape index (κ2) is 12.1. The van der Waals surface area contributed by atoms with Gasteiger partial charge in [-0.15, -0.1) is 65.2 Å². The van der Waals surface area contributed by atoms with Crippen molar-refractivity contribution in [3.05, 3.63) is 169 Å². The molecule has 0 atom stereocenters. The SMILES string of the molecule is CC1(C)c2c[c-]c(-c3nccc4c3ccc3c5ccccc5ccc43)cc2-c2ccccc21.[Ir].[c-]1ccccc1-c1ccccn1. The van der Waals surface area contributed by atoms with Crippen molar-refractivity contribution in [3.8, 4) is 33.6 Å². The molecule has 0 saturated carbocycles. The molecule has 46 heavy (non-hydrogen) atoms. The number of rotatable bonds is 2. The first kappa shape index (κ1) is 29.7. The van der Waals surface area contributed by atoms with E-state index in [1.54, 1.807) is 6.20 Å². The zero-order chi connectivity index (χ0) is 30.4. The summed E-state index contributed by atoms with van der Waals surface area (Å²) in [5.74, 6) is 0. The van der Waals surface area contributed by atoms with Crippen LogP contribution in [0.25, 0.3) is 66.0 Å². The van der Waals surface area contributed by atoms with Crippen LogP contribution >= 0.6 is 0 Å². The van der Waals surface area contributed by atoms with E-state index in [-0.39, 0.29) is 25.5 Å². The standard InChI is InChI=1S/C32H22N.C11H8N.Ir/c1-32(2)29-10-6-5-9-26(29)28-19-21(12-16-30(28)32)31-27-15-14-23-22-8-4-3-7-20(22)11-13-24(23)25(27)17-18-33-31;1-2-6-10(7-3-1)11-8-4-5-9-12-11;/h3-11,13-19H,1-2H3;1-6,8-9H;/q2*-1;. The number of nitrogens with zero attached hydrogens (tertiary/aromatic N) is 2. The van der Waals surface area contributed by atoms with Gasteiger partial charge in [0.1, 0.15) is 0 Å². The van der Waals surface area contributed by atoms with Gasteiger partial charge in [0.25, 0.3) is 0 Å². The zero-order valence-electron chi connectivity index (χ0n) is 25.6. The van der Waals surface area contributed by atoms with Crippen LogP contribution in [0.5, 0.6) is 0 Å². The van der Waals surface area contributed by atoms with Crippen LogP contribution in [0.3, 0.4) is 0 Å². The minimum absolute atomic E-state index is 0. The molecule has 0 bridgehead atoms. The third-order valence-electron chi connectivity index (χ3n) is 9.09. The van der Waals surface area contributed by atoms with Crippen LogP contribution in [-0.2, 0) is 25.5 Å². The van der Waals surface area contributed by atoms with E-state index in [2.05, 4.69) is 122 Å². The van der Waals surface area contributed by atoms with E-state index >= 15 is 0 Å². The van der Waals surface area contributed by atoms with Gasteiger partial charge < -0.3 is 9.97 Å². The largest absolute Gasteiger partial charge is 0.305 e. The molecule has 3 heteroatoms. The van der Waals surface area contributed by atoms with Crippen molar-refractivity contribution in [1.29, 1.82) is 0 Å². The average molecular weight is 767 g/mol. The number of hydrogen-bond donors (Lipinski definition) is 0. The predicted octanol–water partition coefficient (Wildman–Crippen LogP) is 10.9. The quantitative estimate of drug-likeness (QED) is 0.129. The molecule has 9 rings (SSSR count). The van der Waals surface area contributed by atoms with E-state index in [0.29, 0.717) is 0 Å². The molecule has 0 unspecified atom stereocenters. The Kier molecular flexibility index (Phi) is 7.82. The van der Waals surface area contributed by atoms with Gasteiger partial charge in [0.2, 0.25) is 0 Å². The summed E-state index contributed by atoms with van der Waals surface area (Å²) < 4.78 is 0. The van der Waals surface area contributed by atoms with Crippen LogP contribution in [0.2, 0.25) is 0 Å². The molecule has 0 aliphatic heterocycles. The fraction of sp³-hybridized carbons (Fsp3) is 0.0698. The first-order valence-electron chi connectivity index (χ1n) is 15.3. The molecule has 6 aromatic carbocycles. The molecule has 8 aromatic rings. The molecule has 0 spiro atoms. The molecule has 1 radical (unpaired) electrons. The summed E-state index contributed by atoms with van der Waals surface area (Å²) in [5.41, 5.74) is 9.39. The van der Waals surface area contributed by atoms with Crippen LogP contribution in [-0.4, -0.2) is 9.97 Å². The Bertz CT molecular complexity index is 2310. The average Bonchev–Trinajstić information content (AvgIpc) is 3.34. The van der Waals surface area contributed by atoms with Crippen molar-refractivity contribution in [2.45, 2.75) is 19.3 Å². The van der Waals surface area contributed by atoms with Gasteiger partial charge in [0.05, 0.1) is 0 Å². The van der Waals surface area contributed by atoms with Crippen LogP contribution in [0, 0.1) is 12.1 Å². The van der Waals surface area contributed by atoms with Gasteiger partial charge in [0, 0.05) is 32.5 Å². The smallest absolute Gasteiger partial charge is 0.0167 e. The third kappa shape index (κ3) is 5.03. The van der Waals surface area contributed by atoms with Crippen LogP contribution in [0.1, 0.15) is 25.0 Å². The molecule has 0 N–H and O–H groups in total. The Labute approximate surface area is 283 Å². The van der Waals surface area contributed by atoms with E-state index in [1.165, 1.54) is 54.6 Å². The van der Waals surface area contributed by atoms with E-state index in [1.807, 2.05) is 48.7 Å². The van der Waals surface area contributed by atoms with Crippen molar-refractivity contribution in [2.24, 2.45) is 0 Å². The summed E-state index contributed by atoms with van der Waals surface area (Å²) >= 11 is 0. The maximum atomic E-state index is 4.83. The fourth-order valence-electron chi connectivity index (χ4n) is 6.82. The predicted molar refractivity (Wildman–Crippen MR) is 187 cm³/mol. The number of aromatic nitrogens is 2. The summed E-state index contributed by atoms with van der Waals surface area (Å²) in [6.45, 7) is 4.61. The Balaban J connectivity index is 0.000000220. The van der Waals surface area contributed by atoms with Gasteiger partial charge in [-0.05, 0) is 72.4 Å². The maximum Gasteiger partial charge on any atom is 0.0167 e. The van der Waals surface area contributed by atoms with E-state index in [4.69, 9.17) is 4.98 Å². The summed E-state index contributed by atoms with van der Waals surface area (Å²) in [4.78, 5) is 9.05. The molecule has 223 valence electrons. The van der Waals surface area contributed by atoms with Crippen molar-refractivity contribution in [1.82, 2.24) is 9.97 Å². The second-order valence-electron chi connectivity index (χ2n) is 12.0. The topological polar surface area (TPSA) is 25.8 Å². The van der Waals surface area contributed by atoms with Gasteiger partial charge in [-0.1, -0.05) is 104 Å². The molecule has 0 fully saturated rings. The second-order valence-corrected chi connectivity index (χ2v) is 12.0. The monoisotopic (exact) mass is 767 g/mol. The normalized spacial score (nSPS) is 12.6. The van der Waals surface area contributed by atoms with Gasteiger partial charge in [-0.3, -0.25) is 0 Å². The third-order valence-corrected chi connectivity index (χ3v) is 9.09. The Hall–Kier alpha value is -4.95. The first-order valence-corrected chi connectivity index (χ1v) is 15.3. The van der Waals surface area contributed by atoms with Crippen molar-refractivity contribution in [2.75, 3.05) is 0 Å². The van der Waals surface area contributed by atoms with Crippen molar-refractivity contribution < 1.29 is 20.1 Å². The number of fused-ring (bicyclic) bond motifs is 8. The van der Waals surface area contributed by atoms with Crippen LogP contribution < -0.4 is 0 Å². The Morgan fingerprint density at radius 1 is 0.522 bits per heavy atom. The van der Waals surface area contributed by atoms with E-state index < -0.39 is 0 Å². The van der Waals surface area contributed by atoms with Gasteiger partial charge in [0.15, 0.2) is 0 Å². The minimum Gasteiger partial charge on any atom is -0.305 e. The molecular weight excluding hydrogens is 737 g/mol. The Morgan fingerprint density at radius 3 is 2.11 bits per heavy atom. The first-order chi connectivity index (χ1) is 22.1. The van der Waals surface area contributed by atoms with Gasteiger partial charge in [-0.2, -0.15) is 0 Å². The molecule has 0 saturated heterocycles. The minimum atomic E-state index is -0.00952.